The lowest BCUT2D eigenvalue weighted by atomic mass is 9.98. The number of nitro groups is 1. The lowest BCUT2D eigenvalue weighted by Gasteiger charge is -2.07. The van der Waals surface area contributed by atoms with Crippen LogP contribution in [0.25, 0.3) is 22.3 Å². The summed E-state index contributed by atoms with van der Waals surface area (Å²) in [5.41, 5.74) is 5.21. The number of hydrogen-bond acceptors (Lipinski definition) is 4. The molecule has 0 saturated carbocycles. The fourth-order valence-electron chi connectivity index (χ4n) is 3.13. The Labute approximate surface area is 158 Å². The van der Waals surface area contributed by atoms with Crippen LogP contribution in [0.15, 0.2) is 54.6 Å². The minimum atomic E-state index is -0.414. The molecule has 0 atom stereocenters. The smallest absolute Gasteiger partial charge is 0.338 e. The Morgan fingerprint density at radius 1 is 1.00 bits per heavy atom. The number of carbonyl (C=O) groups is 1. The number of esters is 1. The van der Waals surface area contributed by atoms with Gasteiger partial charge in [0.2, 0.25) is 0 Å². The molecule has 0 saturated heterocycles. The second-order valence-corrected chi connectivity index (χ2v) is 6.64. The normalized spacial score (nSPS) is 11.0. The van der Waals surface area contributed by atoms with Crippen molar-refractivity contribution in [3.05, 3.63) is 75.8 Å². The molecule has 0 aliphatic heterocycles. The van der Waals surface area contributed by atoms with Gasteiger partial charge in [-0.15, -0.1) is 0 Å². The Bertz CT molecular complexity index is 961. The largest absolute Gasteiger partial charge is 0.462 e. The molecule has 0 heterocycles. The van der Waals surface area contributed by atoms with E-state index in [1.54, 1.807) is 25.1 Å². The zero-order chi connectivity index (χ0) is 19.6. The van der Waals surface area contributed by atoms with Crippen LogP contribution in [0.3, 0.4) is 0 Å². The van der Waals surface area contributed by atoms with Gasteiger partial charge in [0.15, 0.2) is 0 Å². The monoisotopic (exact) mass is 363 g/mol. The molecule has 27 heavy (non-hydrogen) atoms. The molecule has 1 aromatic carbocycles. The highest BCUT2D eigenvalue weighted by atomic mass is 16.6. The third-order valence-electron chi connectivity index (χ3n) is 4.59. The summed E-state index contributed by atoms with van der Waals surface area (Å²) in [6.45, 7) is 6.29. The number of benzene rings is 1. The molecule has 0 amide bonds. The maximum Gasteiger partial charge on any atom is 0.338 e. The highest BCUT2D eigenvalue weighted by molar-refractivity contribution is 6.02. The summed E-state index contributed by atoms with van der Waals surface area (Å²) in [5.74, 6) is -0.0571. The number of nitro benzene ring substituents is 1. The van der Waals surface area contributed by atoms with E-state index >= 15 is 0 Å². The highest BCUT2D eigenvalue weighted by Gasteiger charge is 2.20. The first-order valence-corrected chi connectivity index (χ1v) is 8.91. The first kappa shape index (κ1) is 18.6. The van der Waals surface area contributed by atoms with Crippen LogP contribution in [0.5, 0.6) is 0 Å². The van der Waals surface area contributed by atoms with Crippen LogP contribution >= 0.6 is 0 Å². The van der Waals surface area contributed by atoms with Gasteiger partial charge in [0.25, 0.3) is 5.69 Å². The molecule has 0 spiro atoms. The SMILES string of the molecule is CCOC(=O)c1ccc2c(-c3ccc([N+](=O)[O-])cc3)ccc(C(C)C)cc1-2. The quantitative estimate of drug-likeness (QED) is 0.333. The van der Waals surface area contributed by atoms with Gasteiger partial charge >= 0.3 is 5.97 Å². The molecule has 1 aromatic rings. The Morgan fingerprint density at radius 2 is 1.67 bits per heavy atom. The molecule has 0 N–H and O–H groups in total. The minimum Gasteiger partial charge on any atom is -0.462 e. The molecule has 5 nitrogen and oxygen atoms in total. The van der Waals surface area contributed by atoms with Crippen molar-refractivity contribution >= 4 is 11.7 Å². The zero-order valence-electron chi connectivity index (χ0n) is 15.6. The van der Waals surface area contributed by atoms with Crippen molar-refractivity contribution in [3.8, 4) is 22.3 Å². The Hall–Kier alpha value is -3.21. The van der Waals surface area contributed by atoms with E-state index in [0.29, 0.717) is 12.2 Å². The van der Waals surface area contributed by atoms with Crippen molar-refractivity contribution < 1.29 is 14.5 Å². The van der Waals surface area contributed by atoms with Crippen LogP contribution in [-0.2, 0) is 4.74 Å². The molecule has 2 aliphatic carbocycles. The maximum atomic E-state index is 12.4. The van der Waals surface area contributed by atoms with E-state index < -0.39 is 4.92 Å². The number of ether oxygens (including phenoxy) is 1. The minimum absolute atomic E-state index is 0.0490. The second-order valence-electron chi connectivity index (χ2n) is 6.64. The van der Waals surface area contributed by atoms with Crippen molar-refractivity contribution in [1.29, 1.82) is 0 Å². The van der Waals surface area contributed by atoms with Gasteiger partial charge in [-0.3, -0.25) is 10.1 Å². The van der Waals surface area contributed by atoms with Crippen molar-refractivity contribution in [2.24, 2.45) is 0 Å². The predicted octanol–water partition coefficient (Wildman–Crippen LogP) is 5.67. The van der Waals surface area contributed by atoms with E-state index in [-0.39, 0.29) is 17.6 Å². The standard InChI is InChI=1S/C22H21NO4/c1-4-27-22(24)20-12-11-19-18(10-7-16(14(2)3)13-21(19)20)15-5-8-17(9-6-15)23(25)26/h5-14H,4H2,1-3H3. The average Bonchev–Trinajstić information content (AvgIpc) is 2.95. The number of fused-ring (bicyclic) bond motifs is 1. The number of hydrogen-bond donors (Lipinski definition) is 0. The summed E-state index contributed by atoms with van der Waals surface area (Å²) in [5, 5.41) is 10.9. The molecule has 2 aliphatic rings. The van der Waals surface area contributed by atoms with Gasteiger partial charge in [0.05, 0.1) is 17.1 Å². The summed E-state index contributed by atoms with van der Waals surface area (Å²) in [4.78, 5) is 22.9. The molecular formula is C22H21NO4. The van der Waals surface area contributed by atoms with Gasteiger partial charge in [-0.2, -0.15) is 0 Å². The van der Waals surface area contributed by atoms with E-state index in [1.165, 1.54) is 12.1 Å². The van der Waals surface area contributed by atoms with Gasteiger partial charge in [0.1, 0.15) is 0 Å². The van der Waals surface area contributed by atoms with Crippen LogP contribution in [-0.4, -0.2) is 17.5 Å². The molecule has 0 unspecified atom stereocenters. The molecule has 5 heteroatoms. The van der Waals surface area contributed by atoms with E-state index in [2.05, 4.69) is 13.8 Å². The van der Waals surface area contributed by atoms with E-state index in [1.807, 2.05) is 24.3 Å². The average molecular weight is 363 g/mol. The van der Waals surface area contributed by atoms with E-state index in [9.17, 15) is 14.9 Å². The number of nitrogens with zero attached hydrogens (tertiary/aromatic N) is 1. The van der Waals surface area contributed by atoms with Crippen LogP contribution in [0.4, 0.5) is 5.69 Å². The third-order valence-corrected chi connectivity index (χ3v) is 4.59. The summed E-state index contributed by atoms with van der Waals surface area (Å²) >= 11 is 0. The van der Waals surface area contributed by atoms with E-state index in [0.717, 1.165) is 27.8 Å². The summed E-state index contributed by atoms with van der Waals surface area (Å²) in [7, 11) is 0. The van der Waals surface area contributed by atoms with Crippen molar-refractivity contribution in [2.75, 3.05) is 6.61 Å². The number of non-ortho nitro benzene ring substituents is 1. The van der Waals surface area contributed by atoms with Gasteiger partial charge in [-0.05, 0) is 58.9 Å². The van der Waals surface area contributed by atoms with E-state index in [4.69, 9.17) is 4.74 Å². The third kappa shape index (κ3) is 3.67. The maximum absolute atomic E-state index is 12.4. The molecular weight excluding hydrogens is 342 g/mol. The fourth-order valence-corrected chi connectivity index (χ4v) is 3.13. The van der Waals surface area contributed by atoms with Crippen molar-refractivity contribution in [3.63, 3.8) is 0 Å². The Balaban J connectivity index is 2.18. The van der Waals surface area contributed by atoms with Crippen LogP contribution < -0.4 is 0 Å². The topological polar surface area (TPSA) is 69.4 Å². The van der Waals surface area contributed by atoms with Crippen LogP contribution in [0.1, 0.15) is 42.6 Å². The second kappa shape index (κ2) is 7.58. The number of carbonyl (C=O) groups excluding carboxylic acids is 1. The molecule has 0 aromatic heterocycles. The molecule has 3 rings (SSSR count). The zero-order valence-corrected chi connectivity index (χ0v) is 15.6. The highest BCUT2D eigenvalue weighted by Crippen LogP contribution is 2.38. The lowest BCUT2D eigenvalue weighted by Crippen LogP contribution is -2.04. The summed E-state index contributed by atoms with van der Waals surface area (Å²) < 4.78 is 5.20. The van der Waals surface area contributed by atoms with Crippen LogP contribution in [0, 0.1) is 10.1 Å². The Morgan fingerprint density at radius 3 is 2.26 bits per heavy atom. The summed E-state index contributed by atoms with van der Waals surface area (Å²) in [6.07, 6.45) is 0. The van der Waals surface area contributed by atoms with Crippen molar-refractivity contribution in [2.45, 2.75) is 26.7 Å². The first-order valence-electron chi connectivity index (χ1n) is 8.91. The van der Waals surface area contributed by atoms with Crippen molar-refractivity contribution in [1.82, 2.24) is 0 Å². The lowest BCUT2D eigenvalue weighted by molar-refractivity contribution is -0.384. The molecule has 138 valence electrons. The molecule has 0 radical (unpaired) electrons. The molecule has 0 bridgehead atoms. The molecule has 0 fully saturated rings. The first-order chi connectivity index (χ1) is 12.9. The van der Waals surface area contributed by atoms with Gasteiger partial charge < -0.3 is 4.74 Å². The fraction of sp³-hybridized carbons (Fsp3) is 0.227. The van der Waals surface area contributed by atoms with Gasteiger partial charge in [-0.1, -0.05) is 38.1 Å². The van der Waals surface area contributed by atoms with Crippen LogP contribution in [0.2, 0.25) is 0 Å². The Kier molecular flexibility index (Phi) is 5.21. The van der Waals surface area contributed by atoms with Gasteiger partial charge in [-0.25, -0.2) is 4.79 Å². The predicted molar refractivity (Wildman–Crippen MR) is 105 cm³/mol. The van der Waals surface area contributed by atoms with Gasteiger partial charge in [0, 0.05) is 12.1 Å². The number of rotatable bonds is 5. The summed E-state index contributed by atoms with van der Waals surface area (Å²) in [6, 6.07) is 16.2.